The van der Waals surface area contributed by atoms with Crippen LogP contribution < -0.4 is 21.5 Å². The molecule has 1 fully saturated rings. The Morgan fingerprint density at radius 1 is 1.19 bits per heavy atom. The van der Waals surface area contributed by atoms with Crippen LogP contribution in [0.1, 0.15) is 47.9 Å². The highest BCUT2D eigenvalue weighted by molar-refractivity contribution is 6.10. The summed E-state index contributed by atoms with van der Waals surface area (Å²) in [4.78, 5) is 19.3. The average Bonchev–Trinajstić information content (AvgIpc) is 2.91. The second-order valence-corrected chi connectivity index (χ2v) is 9.91. The molecule has 3 heterocycles. The van der Waals surface area contributed by atoms with Crippen LogP contribution in [-0.4, -0.2) is 36.5 Å². The molecule has 6 nitrogen and oxygen atoms in total. The van der Waals surface area contributed by atoms with Gasteiger partial charge in [0.2, 0.25) is 0 Å². The molecule has 8 heteroatoms. The quantitative estimate of drug-likeness (QED) is 0.479. The van der Waals surface area contributed by atoms with Crippen molar-refractivity contribution in [2.24, 2.45) is 17.8 Å². The number of hydrogen-bond donors (Lipinski definition) is 2. The second kappa shape index (κ2) is 10.5. The van der Waals surface area contributed by atoms with Crippen molar-refractivity contribution in [1.29, 1.82) is 0 Å². The number of allylic oxidation sites excluding steroid dienone is 1. The Hall–Kier alpha value is -3.52. The van der Waals surface area contributed by atoms with E-state index in [1.165, 1.54) is 6.20 Å². The molecule has 0 bridgehead atoms. The van der Waals surface area contributed by atoms with E-state index >= 15 is 0 Å². The van der Waals surface area contributed by atoms with Gasteiger partial charge in [0.25, 0.3) is 12.0 Å². The third kappa shape index (κ3) is 4.78. The number of benzene rings is 2. The highest BCUT2D eigenvalue weighted by Gasteiger charge is 2.26. The van der Waals surface area contributed by atoms with Crippen LogP contribution in [0.2, 0.25) is 0 Å². The van der Waals surface area contributed by atoms with E-state index in [1.54, 1.807) is 30.8 Å². The van der Waals surface area contributed by atoms with E-state index < -0.39 is 6.43 Å². The number of piperidine rings is 1. The molecule has 194 valence electrons. The van der Waals surface area contributed by atoms with E-state index in [0.717, 1.165) is 66.6 Å². The number of nitrogens with one attached hydrogen (secondary N) is 1. The second-order valence-electron chi connectivity index (χ2n) is 9.91. The van der Waals surface area contributed by atoms with E-state index in [1.807, 2.05) is 30.3 Å². The summed E-state index contributed by atoms with van der Waals surface area (Å²) < 4.78 is 30.5. The van der Waals surface area contributed by atoms with E-state index in [4.69, 9.17) is 5.73 Å². The lowest BCUT2D eigenvalue weighted by Gasteiger charge is -2.33. The zero-order valence-corrected chi connectivity index (χ0v) is 21.3. The van der Waals surface area contributed by atoms with Crippen molar-refractivity contribution in [3.63, 3.8) is 0 Å². The van der Waals surface area contributed by atoms with Gasteiger partial charge in [0.1, 0.15) is 0 Å². The summed E-state index contributed by atoms with van der Waals surface area (Å²) in [6, 6.07) is 11.4. The normalized spacial score (nSPS) is 17.2. The minimum absolute atomic E-state index is 0.0411. The van der Waals surface area contributed by atoms with Gasteiger partial charge >= 0.3 is 0 Å². The van der Waals surface area contributed by atoms with Crippen molar-refractivity contribution >= 4 is 34.1 Å². The number of nitrogens with zero attached hydrogens (tertiary/aromatic N) is 3. The maximum atomic E-state index is 14.4. The summed E-state index contributed by atoms with van der Waals surface area (Å²) in [6.45, 7) is 4.31. The molecule has 0 amide bonds. The summed E-state index contributed by atoms with van der Waals surface area (Å²) in [5, 5.41) is 4.24. The molecule has 3 aromatic rings. The molecule has 0 radical (unpaired) electrons. The number of alkyl halides is 2. The number of nitrogens with two attached hydrogens (primary N) is 1. The fraction of sp³-hybridized carbons (Fsp3) is 0.379. The first-order chi connectivity index (χ1) is 17.9. The number of aromatic nitrogens is 1. The topological polar surface area (TPSA) is 75.7 Å². The van der Waals surface area contributed by atoms with Crippen LogP contribution in [0.25, 0.3) is 16.5 Å². The molecule has 0 unspecified atom stereocenters. The monoisotopic (exact) mass is 505 g/mol. The van der Waals surface area contributed by atoms with Crippen molar-refractivity contribution in [2.45, 2.75) is 45.1 Å². The zero-order chi connectivity index (χ0) is 26.1. The van der Waals surface area contributed by atoms with Gasteiger partial charge in [0.15, 0.2) is 0 Å². The van der Waals surface area contributed by atoms with Crippen LogP contribution in [0.4, 0.5) is 20.2 Å². The van der Waals surface area contributed by atoms with E-state index in [2.05, 4.69) is 15.2 Å². The number of aliphatic imine (C=N–C) groups is 1. The molecule has 1 aromatic heterocycles. The van der Waals surface area contributed by atoms with Crippen LogP contribution in [0.5, 0.6) is 0 Å². The Kier molecular flexibility index (Phi) is 7.11. The van der Waals surface area contributed by atoms with Crippen LogP contribution in [0.15, 0.2) is 52.4 Å². The maximum absolute atomic E-state index is 14.4. The Labute approximate surface area is 215 Å². The van der Waals surface area contributed by atoms with Gasteiger partial charge in [-0.25, -0.2) is 8.78 Å². The predicted molar refractivity (Wildman–Crippen MR) is 147 cm³/mol. The lowest BCUT2D eigenvalue weighted by molar-refractivity contribution is 0.151. The summed E-state index contributed by atoms with van der Waals surface area (Å²) in [5.74, 6) is 0. The van der Waals surface area contributed by atoms with Crippen molar-refractivity contribution in [3.05, 3.63) is 75.2 Å². The third-order valence-electron chi connectivity index (χ3n) is 7.54. The first-order valence-electron chi connectivity index (χ1n) is 12.9. The van der Waals surface area contributed by atoms with Crippen LogP contribution in [-0.2, 0) is 13.5 Å². The lowest BCUT2D eigenvalue weighted by atomic mass is 9.91. The van der Waals surface area contributed by atoms with Crippen LogP contribution in [0, 0.1) is 6.92 Å². The van der Waals surface area contributed by atoms with Gasteiger partial charge in [-0.1, -0.05) is 6.07 Å². The third-order valence-corrected chi connectivity index (χ3v) is 7.54. The summed E-state index contributed by atoms with van der Waals surface area (Å²) in [5.41, 5.74) is 10.9. The van der Waals surface area contributed by atoms with E-state index in [-0.39, 0.29) is 17.2 Å². The Bertz CT molecular complexity index is 1440. The molecule has 0 saturated carbocycles. The minimum Gasteiger partial charge on any atom is -0.404 e. The molecule has 0 atom stereocenters. The summed E-state index contributed by atoms with van der Waals surface area (Å²) >= 11 is 0. The van der Waals surface area contributed by atoms with Crippen LogP contribution in [0.3, 0.4) is 0 Å². The number of halogens is 2. The van der Waals surface area contributed by atoms with Crippen molar-refractivity contribution < 1.29 is 8.78 Å². The highest BCUT2D eigenvalue weighted by atomic mass is 19.3. The minimum atomic E-state index is -2.66. The largest absolute Gasteiger partial charge is 0.404 e. The van der Waals surface area contributed by atoms with Gasteiger partial charge in [-0.3, -0.25) is 9.79 Å². The Balaban J connectivity index is 1.60. The van der Waals surface area contributed by atoms with Gasteiger partial charge < -0.3 is 20.5 Å². The molecular weight excluding hydrogens is 472 g/mol. The number of aryl methyl sites for hydroxylation is 3. The number of hydrogen-bond acceptors (Lipinski definition) is 5. The standard InChI is InChI=1S/C29H33F2N5O/c1-18-13-24-25(35(2)29(18)37)6-3-7-26(24)36-12-4-5-19-14-22(23(28(30)31)15-27(19)36)20(16-32)17-34-21-8-10-33-11-9-21/h3,6-7,13-17,21,28,33H,4-5,8-12,32H2,1-2H3/b20-16+,34-17?. The van der Waals surface area contributed by atoms with Crippen molar-refractivity contribution in [2.75, 3.05) is 24.5 Å². The van der Waals surface area contributed by atoms with Gasteiger partial charge in [0, 0.05) is 53.8 Å². The van der Waals surface area contributed by atoms with Crippen molar-refractivity contribution in [1.82, 2.24) is 9.88 Å². The first kappa shape index (κ1) is 25.1. The number of fused-ring (bicyclic) bond motifs is 2. The molecule has 2 aromatic carbocycles. The van der Waals surface area contributed by atoms with Crippen molar-refractivity contribution in [3.8, 4) is 0 Å². The molecule has 0 aliphatic carbocycles. The number of rotatable bonds is 5. The maximum Gasteiger partial charge on any atom is 0.264 e. The number of pyridine rings is 1. The zero-order valence-electron chi connectivity index (χ0n) is 21.3. The first-order valence-corrected chi connectivity index (χ1v) is 12.9. The molecular formula is C29H33F2N5O. The van der Waals surface area contributed by atoms with Crippen LogP contribution >= 0.6 is 0 Å². The summed E-state index contributed by atoms with van der Waals surface area (Å²) in [6.07, 6.45) is 3.89. The molecule has 2 aliphatic rings. The van der Waals surface area contributed by atoms with Gasteiger partial charge in [-0.2, -0.15) is 0 Å². The fourth-order valence-corrected chi connectivity index (χ4v) is 5.54. The fourth-order valence-electron chi connectivity index (χ4n) is 5.54. The van der Waals surface area contributed by atoms with Gasteiger partial charge in [-0.15, -0.1) is 0 Å². The average molecular weight is 506 g/mol. The SMILES string of the molecule is Cc1cc2c(N3CCCc4cc(/C(C=NC5CCNCC5)=C/N)c(C(F)F)cc43)cccc2n(C)c1=O. The molecule has 3 N–H and O–H groups in total. The highest BCUT2D eigenvalue weighted by Crippen LogP contribution is 2.41. The summed E-state index contributed by atoms with van der Waals surface area (Å²) in [7, 11) is 1.76. The van der Waals surface area contributed by atoms with E-state index in [9.17, 15) is 13.6 Å². The predicted octanol–water partition coefficient (Wildman–Crippen LogP) is 4.99. The van der Waals surface area contributed by atoms with Gasteiger partial charge in [-0.05, 0) is 87.2 Å². The van der Waals surface area contributed by atoms with Gasteiger partial charge in [0.05, 0.1) is 17.2 Å². The molecule has 1 saturated heterocycles. The molecule has 0 spiro atoms. The van der Waals surface area contributed by atoms with E-state index in [0.29, 0.717) is 23.2 Å². The smallest absolute Gasteiger partial charge is 0.264 e. The molecule has 5 rings (SSSR count). The Morgan fingerprint density at radius 3 is 2.70 bits per heavy atom. The molecule has 37 heavy (non-hydrogen) atoms. The Morgan fingerprint density at radius 2 is 1.97 bits per heavy atom. The lowest BCUT2D eigenvalue weighted by Crippen LogP contribution is -2.29. The number of anilines is 2. The molecule has 2 aliphatic heterocycles.